The van der Waals surface area contributed by atoms with Gasteiger partial charge in [0, 0.05) is 12.8 Å². The molecule has 0 N–H and O–H groups in total. The lowest BCUT2D eigenvalue weighted by Gasteiger charge is -2.28. The maximum atomic E-state index is 12.7. The molecule has 58 heavy (non-hydrogen) atoms. The Morgan fingerprint density at radius 2 is 0.879 bits per heavy atom. The zero-order valence-corrected chi connectivity index (χ0v) is 39.4. The Bertz CT molecular complexity index is 1040. The van der Waals surface area contributed by atoms with Crippen LogP contribution in [0.2, 0.25) is 0 Å². The van der Waals surface area contributed by atoms with Crippen molar-refractivity contribution in [3.8, 4) is 0 Å². The van der Waals surface area contributed by atoms with E-state index in [-0.39, 0.29) is 26.1 Å². The number of ether oxygens (including phenoxy) is 2. The summed E-state index contributed by atoms with van der Waals surface area (Å²) < 4.78 is 34.0. The Morgan fingerprint density at radius 1 is 0.517 bits per heavy atom. The summed E-state index contributed by atoms with van der Waals surface area (Å²) in [7, 11) is 1.16. The molecule has 0 aliphatic carbocycles. The first-order valence-corrected chi connectivity index (χ1v) is 25.5. The van der Waals surface area contributed by atoms with Crippen molar-refractivity contribution in [3.05, 3.63) is 24.3 Å². The van der Waals surface area contributed by atoms with E-state index < -0.39 is 32.5 Å². The van der Waals surface area contributed by atoms with Gasteiger partial charge in [-0.3, -0.25) is 14.2 Å². The van der Waals surface area contributed by atoms with Gasteiger partial charge in [0.1, 0.15) is 19.8 Å². The van der Waals surface area contributed by atoms with Crippen LogP contribution in [0, 0.1) is 0 Å². The molecule has 9 nitrogen and oxygen atoms in total. The zero-order valence-electron chi connectivity index (χ0n) is 38.5. The molecule has 0 saturated heterocycles. The predicted octanol–water partition coefficient (Wildman–Crippen LogP) is 13.3. The van der Waals surface area contributed by atoms with E-state index >= 15 is 0 Å². The quantitative estimate of drug-likeness (QED) is 0.0196. The van der Waals surface area contributed by atoms with Gasteiger partial charge >= 0.3 is 11.9 Å². The number of esters is 2. The van der Waals surface area contributed by atoms with E-state index in [9.17, 15) is 19.0 Å². The Labute approximate surface area is 358 Å². The van der Waals surface area contributed by atoms with Gasteiger partial charge in [-0.1, -0.05) is 167 Å². The van der Waals surface area contributed by atoms with Crippen LogP contribution in [0.25, 0.3) is 0 Å². The molecule has 0 rings (SSSR count). The van der Waals surface area contributed by atoms with Crippen LogP contribution in [0.15, 0.2) is 24.3 Å². The smallest absolute Gasteiger partial charge is 0.306 e. The summed E-state index contributed by atoms with van der Waals surface area (Å²) in [4.78, 5) is 37.6. The minimum absolute atomic E-state index is 0.0316. The fourth-order valence-corrected chi connectivity index (χ4v) is 7.37. The number of quaternary nitrogens is 1. The van der Waals surface area contributed by atoms with E-state index in [0.29, 0.717) is 17.4 Å². The molecule has 0 saturated carbocycles. The van der Waals surface area contributed by atoms with E-state index in [1.54, 1.807) is 0 Å². The summed E-state index contributed by atoms with van der Waals surface area (Å²) in [6.07, 6.45) is 44.9. The third-order valence-corrected chi connectivity index (χ3v) is 11.4. The average Bonchev–Trinajstić information content (AvgIpc) is 3.17. The molecule has 0 aliphatic heterocycles. The number of carbonyl (C=O) groups excluding carboxylic acids is 2. The highest BCUT2D eigenvalue weighted by molar-refractivity contribution is 7.45. The van der Waals surface area contributed by atoms with Crippen LogP contribution in [0.5, 0.6) is 0 Å². The minimum Gasteiger partial charge on any atom is -0.756 e. The predicted molar refractivity (Wildman–Crippen MR) is 241 cm³/mol. The molecule has 2 atom stereocenters. The second kappa shape index (κ2) is 40.9. The van der Waals surface area contributed by atoms with E-state index in [1.807, 2.05) is 21.1 Å². The lowest BCUT2D eigenvalue weighted by Crippen LogP contribution is -2.37. The van der Waals surface area contributed by atoms with Crippen LogP contribution >= 0.6 is 7.82 Å². The van der Waals surface area contributed by atoms with Gasteiger partial charge in [0.25, 0.3) is 7.82 Å². The number of carbonyl (C=O) groups is 2. The second-order valence-electron chi connectivity index (χ2n) is 17.5. The number of phosphoric acid groups is 1. The van der Waals surface area contributed by atoms with E-state index in [4.69, 9.17) is 18.5 Å². The Kier molecular flexibility index (Phi) is 39.8. The third-order valence-electron chi connectivity index (χ3n) is 10.4. The molecule has 0 bridgehead atoms. The number of rotatable bonds is 44. The van der Waals surface area contributed by atoms with Gasteiger partial charge in [-0.05, 0) is 64.2 Å². The third kappa shape index (κ3) is 44.1. The Hall–Kier alpha value is -1.51. The van der Waals surface area contributed by atoms with Crippen molar-refractivity contribution in [2.45, 2.75) is 225 Å². The first-order chi connectivity index (χ1) is 28.0. The molecule has 0 radical (unpaired) electrons. The molecule has 1 unspecified atom stereocenters. The Morgan fingerprint density at radius 3 is 1.28 bits per heavy atom. The number of phosphoric ester groups is 1. The van der Waals surface area contributed by atoms with Crippen LogP contribution in [0.4, 0.5) is 0 Å². The van der Waals surface area contributed by atoms with E-state index in [0.717, 1.165) is 64.2 Å². The van der Waals surface area contributed by atoms with Crippen LogP contribution in [-0.2, 0) is 32.7 Å². The molecule has 0 aromatic heterocycles. The standard InChI is InChI=1S/C48H92NO8P/c1-6-8-10-12-14-16-18-20-22-23-24-25-27-29-31-33-35-37-39-41-48(51)57-46(45-56-58(52,53)55-43-42-49(3,4)5)44-54-47(50)40-38-36-34-32-30-28-26-21-19-17-15-13-11-9-7-2/h21,23-24,26,46H,6-20,22,25,27-45H2,1-5H3/b24-23-,26-21-/t46-/m1/s1. The second-order valence-corrected chi connectivity index (χ2v) is 18.9. The molecular formula is C48H92NO8P. The molecule has 0 fully saturated rings. The number of unbranched alkanes of at least 4 members (excludes halogenated alkanes) is 26. The first-order valence-electron chi connectivity index (χ1n) is 24.0. The fourth-order valence-electron chi connectivity index (χ4n) is 6.64. The van der Waals surface area contributed by atoms with Gasteiger partial charge in [0.05, 0.1) is 27.7 Å². The largest absolute Gasteiger partial charge is 0.756 e. The van der Waals surface area contributed by atoms with Crippen LogP contribution in [-0.4, -0.2) is 70.0 Å². The monoisotopic (exact) mass is 842 g/mol. The number of allylic oxidation sites excluding steroid dienone is 4. The molecular weight excluding hydrogens is 750 g/mol. The van der Waals surface area contributed by atoms with Crippen molar-refractivity contribution in [1.82, 2.24) is 0 Å². The van der Waals surface area contributed by atoms with Crippen LogP contribution in [0.1, 0.15) is 219 Å². The highest BCUT2D eigenvalue weighted by Crippen LogP contribution is 2.38. The molecule has 0 amide bonds. The first kappa shape index (κ1) is 56.5. The number of nitrogens with zero attached hydrogens (tertiary/aromatic N) is 1. The van der Waals surface area contributed by atoms with Gasteiger partial charge in [-0.25, -0.2) is 0 Å². The summed E-state index contributed by atoms with van der Waals surface area (Å²) in [5, 5.41) is 0. The summed E-state index contributed by atoms with van der Waals surface area (Å²) in [5.41, 5.74) is 0. The number of hydrogen-bond acceptors (Lipinski definition) is 8. The Balaban J connectivity index is 4.30. The highest BCUT2D eigenvalue weighted by atomic mass is 31.2. The van der Waals surface area contributed by atoms with Crippen molar-refractivity contribution in [2.75, 3.05) is 47.5 Å². The SMILES string of the molecule is CCCCCCCC/C=C\CCCCCCCC(=O)OC[C@H](COP(=O)([O-])OCC[N+](C)(C)C)OC(=O)CCCCCCCCC/C=C\CCCCCCCCCC. The summed E-state index contributed by atoms with van der Waals surface area (Å²) in [6.45, 7) is 4.23. The van der Waals surface area contributed by atoms with Gasteiger partial charge in [-0.2, -0.15) is 0 Å². The van der Waals surface area contributed by atoms with Gasteiger partial charge in [0.2, 0.25) is 0 Å². The molecule has 0 aromatic carbocycles. The van der Waals surface area contributed by atoms with E-state index in [1.165, 1.54) is 122 Å². The minimum atomic E-state index is -4.63. The van der Waals surface area contributed by atoms with Gasteiger partial charge in [-0.15, -0.1) is 0 Å². The number of likely N-dealkylation sites (N-methyl/N-ethyl adjacent to an activating group) is 1. The molecule has 0 aliphatic rings. The maximum absolute atomic E-state index is 12.7. The fraction of sp³-hybridized carbons (Fsp3) is 0.875. The van der Waals surface area contributed by atoms with Crippen molar-refractivity contribution in [2.24, 2.45) is 0 Å². The zero-order chi connectivity index (χ0) is 42.8. The van der Waals surface area contributed by atoms with E-state index in [2.05, 4.69) is 38.2 Å². The maximum Gasteiger partial charge on any atom is 0.306 e. The van der Waals surface area contributed by atoms with Crippen molar-refractivity contribution in [1.29, 1.82) is 0 Å². The highest BCUT2D eigenvalue weighted by Gasteiger charge is 2.21. The lowest BCUT2D eigenvalue weighted by atomic mass is 10.1. The molecule has 0 spiro atoms. The topological polar surface area (TPSA) is 111 Å². The molecule has 10 heteroatoms. The van der Waals surface area contributed by atoms with Gasteiger partial charge < -0.3 is 27.9 Å². The van der Waals surface area contributed by atoms with Crippen molar-refractivity contribution in [3.63, 3.8) is 0 Å². The lowest BCUT2D eigenvalue weighted by molar-refractivity contribution is -0.870. The summed E-state index contributed by atoms with van der Waals surface area (Å²) in [6, 6.07) is 0. The van der Waals surface area contributed by atoms with Crippen molar-refractivity contribution >= 4 is 19.8 Å². The van der Waals surface area contributed by atoms with Crippen molar-refractivity contribution < 1.29 is 42.1 Å². The average molecular weight is 842 g/mol. The van der Waals surface area contributed by atoms with Gasteiger partial charge in [0.15, 0.2) is 6.10 Å². The van der Waals surface area contributed by atoms with Crippen LogP contribution < -0.4 is 4.89 Å². The normalized spacial score (nSPS) is 13.7. The summed E-state index contributed by atoms with van der Waals surface area (Å²) >= 11 is 0. The number of hydrogen-bond donors (Lipinski definition) is 0. The molecule has 0 aromatic rings. The summed E-state index contributed by atoms with van der Waals surface area (Å²) in [5.74, 6) is -0.842. The molecule has 0 heterocycles. The van der Waals surface area contributed by atoms with Crippen LogP contribution in [0.3, 0.4) is 0 Å². The molecule has 342 valence electrons.